The minimum absolute atomic E-state index is 0.139. The van der Waals surface area contributed by atoms with Gasteiger partial charge in [0, 0.05) is 31.9 Å². The van der Waals surface area contributed by atoms with Gasteiger partial charge in [-0.25, -0.2) is 22.5 Å². The second-order valence-corrected chi connectivity index (χ2v) is 9.18. The van der Waals surface area contributed by atoms with Crippen LogP contribution in [-0.2, 0) is 0 Å². The minimum Gasteiger partial charge on any atom is -0.392 e. The van der Waals surface area contributed by atoms with Crippen LogP contribution in [0, 0.1) is 29.2 Å². The Balaban J connectivity index is 1.97. The molecule has 38 heavy (non-hydrogen) atoms. The number of aromatic nitrogens is 2. The van der Waals surface area contributed by atoms with Crippen molar-refractivity contribution in [3.8, 4) is 5.69 Å². The summed E-state index contributed by atoms with van der Waals surface area (Å²) in [6.45, 7) is 1.26. The van der Waals surface area contributed by atoms with E-state index in [4.69, 9.17) is 0 Å². The van der Waals surface area contributed by atoms with Crippen molar-refractivity contribution < 1.29 is 40.6 Å². The fourth-order valence-corrected chi connectivity index (χ4v) is 4.18. The molecule has 0 radical (unpaired) electrons. The standard InChI is InChI=1S/C24H21F7N4O3/c1-10(36)8-34(2)22-17(28)7-13-19(37)14(23(38)32-20(11-3-4-11)24(29,30)31)9-35(21(13)33-22)18-15(26)5-12(25)6-16(18)27/h5-7,9-11,20,36H,3-4,8H2,1-2H3,(H,32,38). The van der Waals surface area contributed by atoms with Gasteiger partial charge in [-0.05, 0) is 31.7 Å². The normalized spacial score (nSPS) is 15.4. The number of alkyl halides is 3. The van der Waals surface area contributed by atoms with Gasteiger partial charge in [0.2, 0.25) is 5.43 Å². The van der Waals surface area contributed by atoms with E-state index in [1.165, 1.54) is 14.0 Å². The lowest BCUT2D eigenvalue weighted by Crippen LogP contribution is -2.48. The van der Waals surface area contributed by atoms with E-state index in [0.717, 1.165) is 4.90 Å². The third kappa shape index (κ3) is 5.30. The molecule has 2 heterocycles. The van der Waals surface area contributed by atoms with Crippen LogP contribution in [-0.4, -0.2) is 52.5 Å². The van der Waals surface area contributed by atoms with Gasteiger partial charge in [0.05, 0.1) is 11.5 Å². The Morgan fingerprint density at radius 3 is 2.29 bits per heavy atom. The van der Waals surface area contributed by atoms with Crippen molar-refractivity contribution in [2.45, 2.75) is 38.1 Å². The first-order chi connectivity index (χ1) is 17.7. The van der Waals surface area contributed by atoms with Crippen molar-refractivity contribution in [3.63, 3.8) is 0 Å². The number of nitrogens with zero attached hydrogens (tertiary/aromatic N) is 3. The summed E-state index contributed by atoms with van der Waals surface area (Å²) in [4.78, 5) is 31.1. The van der Waals surface area contributed by atoms with Crippen molar-refractivity contribution in [3.05, 3.63) is 63.5 Å². The van der Waals surface area contributed by atoms with Crippen molar-refractivity contribution in [2.75, 3.05) is 18.5 Å². The number of pyridine rings is 2. The molecule has 0 saturated heterocycles. The third-order valence-electron chi connectivity index (χ3n) is 6.01. The highest BCUT2D eigenvalue weighted by Gasteiger charge is 2.50. The highest BCUT2D eigenvalue weighted by atomic mass is 19.4. The number of aliphatic hydroxyl groups excluding tert-OH is 1. The van der Waals surface area contributed by atoms with Crippen LogP contribution in [0.25, 0.3) is 16.7 Å². The molecular weight excluding hydrogens is 525 g/mol. The summed E-state index contributed by atoms with van der Waals surface area (Å²) in [6.07, 6.45) is -4.83. The van der Waals surface area contributed by atoms with E-state index in [-0.39, 0.29) is 19.4 Å². The number of benzene rings is 1. The number of halogens is 7. The molecule has 2 aromatic heterocycles. The average molecular weight is 546 g/mol. The van der Waals surface area contributed by atoms with Gasteiger partial charge in [-0.15, -0.1) is 0 Å². The molecule has 2 atom stereocenters. The predicted molar refractivity (Wildman–Crippen MR) is 122 cm³/mol. The predicted octanol–water partition coefficient (Wildman–Crippen LogP) is 3.83. The molecule has 1 saturated carbocycles. The van der Waals surface area contributed by atoms with Crippen LogP contribution in [0.1, 0.15) is 30.1 Å². The lowest BCUT2D eigenvalue weighted by molar-refractivity contribution is -0.158. The van der Waals surface area contributed by atoms with E-state index in [1.54, 1.807) is 5.32 Å². The molecule has 1 aliphatic carbocycles. The van der Waals surface area contributed by atoms with Gasteiger partial charge >= 0.3 is 6.18 Å². The summed E-state index contributed by atoms with van der Waals surface area (Å²) < 4.78 is 99.1. The number of aliphatic hydroxyl groups is 1. The highest BCUT2D eigenvalue weighted by molar-refractivity contribution is 5.97. The van der Waals surface area contributed by atoms with Crippen LogP contribution in [0.3, 0.4) is 0 Å². The van der Waals surface area contributed by atoms with E-state index in [2.05, 4.69) is 4.98 Å². The monoisotopic (exact) mass is 546 g/mol. The molecule has 1 aliphatic rings. The Hall–Kier alpha value is -3.68. The Labute approximate surface area is 210 Å². The first-order valence-corrected chi connectivity index (χ1v) is 11.4. The Bertz CT molecular complexity index is 1450. The number of anilines is 1. The smallest absolute Gasteiger partial charge is 0.392 e. The molecule has 0 bridgehead atoms. The Kier molecular flexibility index (Phi) is 7.12. The summed E-state index contributed by atoms with van der Waals surface area (Å²) in [7, 11) is 1.34. The molecule has 4 rings (SSSR count). The second-order valence-electron chi connectivity index (χ2n) is 9.18. The fraction of sp³-hybridized carbons (Fsp3) is 0.375. The number of carbonyl (C=O) groups is 1. The molecule has 1 fully saturated rings. The Morgan fingerprint density at radius 2 is 1.76 bits per heavy atom. The molecule has 0 spiro atoms. The van der Waals surface area contributed by atoms with Crippen molar-refractivity contribution in [2.24, 2.45) is 5.92 Å². The quantitative estimate of drug-likeness (QED) is 0.440. The van der Waals surface area contributed by atoms with E-state index >= 15 is 0 Å². The molecule has 0 aliphatic heterocycles. The zero-order valence-corrected chi connectivity index (χ0v) is 19.9. The number of fused-ring (bicyclic) bond motifs is 1. The fourth-order valence-electron chi connectivity index (χ4n) is 4.18. The molecule has 1 aromatic carbocycles. The summed E-state index contributed by atoms with van der Waals surface area (Å²) in [5.41, 5.74) is -3.80. The van der Waals surface area contributed by atoms with E-state index in [1.807, 2.05) is 0 Å². The van der Waals surface area contributed by atoms with Crippen LogP contribution in [0.4, 0.5) is 36.6 Å². The minimum atomic E-state index is -4.83. The van der Waals surface area contributed by atoms with E-state index in [0.29, 0.717) is 29.0 Å². The molecular formula is C24H21F7N4O3. The number of likely N-dealkylation sites (N-methyl/N-ethyl adjacent to an activating group) is 1. The molecule has 2 N–H and O–H groups in total. The van der Waals surface area contributed by atoms with E-state index in [9.17, 15) is 45.4 Å². The maximum atomic E-state index is 15.0. The zero-order valence-electron chi connectivity index (χ0n) is 19.9. The van der Waals surface area contributed by atoms with E-state index < -0.39 is 86.9 Å². The van der Waals surface area contributed by atoms with Crippen LogP contribution in [0.2, 0.25) is 0 Å². The largest absolute Gasteiger partial charge is 0.408 e. The molecule has 204 valence electrons. The van der Waals surface area contributed by atoms with Crippen LogP contribution in [0.5, 0.6) is 0 Å². The number of carbonyl (C=O) groups excluding carboxylic acids is 1. The van der Waals surface area contributed by atoms with Gasteiger partial charge in [-0.1, -0.05) is 0 Å². The number of hydrogen-bond donors (Lipinski definition) is 2. The van der Waals surface area contributed by atoms with Crippen LogP contribution < -0.4 is 15.6 Å². The molecule has 3 aromatic rings. The van der Waals surface area contributed by atoms with Crippen LogP contribution >= 0.6 is 0 Å². The number of nitrogens with one attached hydrogen (secondary N) is 1. The first kappa shape index (κ1) is 27.4. The van der Waals surface area contributed by atoms with Gasteiger partial charge in [0.15, 0.2) is 28.9 Å². The molecule has 14 heteroatoms. The lowest BCUT2D eigenvalue weighted by atomic mass is 10.1. The second kappa shape index (κ2) is 9.89. The SMILES string of the molecule is CC(O)CN(C)c1nc2c(cc1F)c(=O)c(C(=O)NC(C1CC1)C(F)(F)F)cn2-c1c(F)cc(F)cc1F. The number of hydrogen-bond acceptors (Lipinski definition) is 5. The maximum Gasteiger partial charge on any atom is 0.408 e. The first-order valence-electron chi connectivity index (χ1n) is 11.4. The summed E-state index contributed by atoms with van der Waals surface area (Å²) in [5.74, 6) is -8.24. The Morgan fingerprint density at radius 1 is 1.16 bits per heavy atom. The number of amides is 1. The van der Waals surface area contributed by atoms with Gasteiger partial charge in [-0.2, -0.15) is 13.2 Å². The third-order valence-corrected chi connectivity index (χ3v) is 6.01. The summed E-state index contributed by atoms with van der Waals surface area (Å²) in [5, 5.41) is 10.7. The highest BCUT2D eigenvalue weighted by Crippen LogP contribution is 2.40. The molecule has 2 unspecified atom stereocenters. The van der Waals surface area contributed by atoms with Gasteiger partial charge in [0.1, 0.15) is 23.1 Å². The van der Waals surface area contributed by atoms with Crippen molar-refractivity contribution in [1.82, 2.24) is 14.9 Å². The zero-order chi connectivity index (χ0) is 28.1. The van der Waals surface area contributed by atoms with Gasteiger partial charge in [0.25, 0.3) is 5.91 Å². The average Bonchev–Trinajstić information content (AvgIpc) is 3.61. The maximum absolute atomic E-state index is 15.0. The number of rotatable bonds is 7. The molecule has 1 amide bonds. The van der Waals surface area contributed by atoms with Crippen LogP contribution in [0.15, 0.2) is 29.2 Å². The molecule has 7 nitrogen and oxygen atoms in total. The van der Waals surface area contributed by atoms with Gasteiger partial charge in [-0.3, -0.25) is 14.2 Å². The van der Waals surface area contributed by atoms with Crippen molar-refractivity contribution >= 4 is 22.8 Å². The van der Waals surface area contributed by atoms with Gasteiger partial charge < -0.3 is 15.3 Å². The van der Waals surface area contributed by atoms with Crippen molar-refractivity contribution in [1.29, 1.82) is 0 Å². The lowest BCUT2D eigenvalue weighted by Gasteiger charge is -2.23. The summed E-state index contributed by atoms with van der Waals surface area (Å²) >= 11 is 0. The summed E-state index contributed by atoms with van der Waals surface area (Å²) in [6, 6.07) is -1.05. The topological polar surface area (TPSA) is 87.5 Å².